The molecule has 0 bridgehead atoms. The minimum atomic E-state index is -0.0643. The molecule has 1 aliphatic carbocycles. The predicted octanol–water partition coefficient (Wildman–Crippen LogP) is 2.52. The molecule has 2 aromatic rings. The monoisotopic (exact) mass is 388 g/mol. The molecule has 1 saturated carbocycles. The molecule has 2 heterocycles. The summed E-state index contributed by atoms with van der Waals surface area (Å²) in [5.74, 6) is 0.425. The fourth-order valence-corrected chi connectivity index (χ4v) is 4.24. The van der Waals surface area contributed by atoms with E-state index in [0.29, 0.717) is 16.9 Å². The first-order valence-electron chi connectivity index (χ1n) is 9.74. The van der Waals surface area contributed by atoms with Gasteiger partial charge in [0.2, 0.25) is 11.7 Å². The molecule has 7 nitrogen and oxygen atoms in total. The summed E-state index contributed by atoms with van der Waals surface area (Å²) in [6.45, 7) is 2.12. The van der Waals surface area contributed by atoms with E-state index >= 15 is 0 Å². The zero-order valence-corrected chi connectivity index (χ0v) is 16.1. The van der Waals surface area contributed by atoms with Crippen molar-refractivity contribution in [3.05, 3.63) is 29.3 Å². The Labute approximate surface area is 164 Å². The Bertz CT molecular complexity index is 771. The lowest BCUT2D eigenvalue weighted by Crippen LogP contribution is -2.41. The van der Waals surface area contributed by atoms with E-state index in [1.807, 2.05) is 12.1 Å². The molecule has 2 fully saturated rings. The second-order valence-corrected chi connectivity index (χ2v) is 7.93. The molecule has 0 spiro atoms. The van der Waals surface area contributed by atoms with E-state index in [9.17, 15) is 4.79 Å². The molecule has 1 aliphatic heterocycles. The Morgan fingerprint density at radius 1 is 1.15 bits per heavy atom. The summed E-state index contributed by atoms with van der Waals surface area (Å²) in [5, 5.41) is 16.1. The Hall–Kier alpha value is -1.99. The van der Waals surface area contributed by atoms with Crippen LogP contribution in [0.3, 0.4) is 0 Å². The number of aromatic nitrogens is 4. The van der Waals surface area contributed by atoms with E-state index in [1.165, 1.54) is 36.9 Å². The second kappa shape index (κ2) is 8.35. The van der Waals surface area contributed by atoms with E-state index in [-0.39, 0.29) is 18.5 Å². The van der Waals surface area contributed by atoms with Gasteiger partial charge in [-0.1, -0.05) is 30.9 Å². The number of nitrogens with zero attached hydrogens (tertiary/aromatic N) is 5. The number of likely N-dealkylation sites (tertiary alicyclic amines) is 1. The third-order valence-corrected chi connectivity index (χ3v) is 5.77. The number of benzene rings is 1. The molecule has 1 amide bonds. The van der Waals surface area contributed by atoms with Crippen molar-refractivity contribution in [3.8, 4) is 11.4 Å². The Morgan fingerprint density at radius 2 is 1.93 bits per heavy atom. The fraction of sp³-hybridized carbons (Fsp3) is 0.579. The lowest BCUT2D eigenvalue weighted by Gasteiger charge is -2.31. The van der Waals surface area contributed by atoms with Crippen LogP contribution in [0.15, 0.2) is 24.3 Å². The number of rotatable bonds is 5. The molecule has 27 heavy (non-hydrogen) atoms. The smallest absolute Gasteiger partial charge is 0.243 e. The zero-order valence-electron chi connectivity index (χ0n) is 15.4. The number of hydrogen-bond acceptors (Lipinski definition) is 5. The minimum Gasteiger partial charge on any atom is -0.350 e. The molecule has 1 unspecified atom stereocenters. The third kappa shape index (κ3) is 4.65. The third-order valence-electron chi connectivity index (χ3n) is 5.52. The van der Waals surface area contributed by atoms with Crippen molar-refractivity contribution >= 4 is 17.5 Å². The summed E-state index contributed by atoms with van der Waals surface area (Å²) < 4.78 is 0. The van der Waals surface area contributed by atoms with Crippen LogP contribution in [0.2, 0.25) is 5.02 Å². The normalized spacial score (nSPS) is 21.4. The first kappa shape index (κ1) is 18.4. The van der Waals surface area contributed by atoms with E-state index in [0.717, 1.165) is 25.1 Å². The highest BCUT2D eigenvalue weighted by Gasteiger charge is 2.29. The first-order valence-corrected chi connectivity index (χ1v) is 10.1. The second-order valence-electron chi connectivity index (χ2n) is 7.49. The summed E-state index contributed by atoms with van der Waals surface area (Å²) in [4.78, 5) is 16.3. The number of halogens is 1. The molecular formula is C19H25ClN6O. The maximum absolute atomic E-state index is 12.4. The highest BCUT2D eigenvalue weighted by atomic mass is 35.5. The van der Waals surface area contributed by atoms with Crippen LogP contribution in [-0.4, -0.2) is 56.2 Å². The van der Waals surface area contributed by atoms with E-state index in [2.05, 4.69) is 25.6 Å². The largest absolute Gasteiger partial charge is 0.350 e. The van der Waals surface area contributed by atoms with Gasteiger partial charge in [-0.25, -0.2) is 0 Å². The van der Waals surface area contributed by atoms with Gasteiger partial charge in [0.25, 0.3) is 0 Å². The summed E-state index contributed by atoms with van der Waals surface area (Å²) in [6.07, 6.45) is 7.67. The van der Waals surface area contributed by atoms with E-state index in [4.69, 9.17) is 11.6 Å². The molecule has 8 heteroatoms. The summed E-state index contributed by atoms with van der Waals surface area (Å²) in [7, 11) is 0. The van der Waals surface area contributed by atoms with Crippen LogP contribution < -0.4 is 5.32 Å². The average Bonchev–Trinajstić information content (AvgIpc) is 3.33. The molecule has 2 aliphatic rings. The number of hydrogen-bond donors (Lipinski definition) is 1. The van der Waals surface area contributed by atoms with Gasteiger partial charge in [-0.05, 0) is 48.7 Å². The molecular weight excluding hydrogens is 364 g/mol. The standard InChI is InChI=1S/C19H25ClN6O/c20-15-8-6-14(7-9-15)19-22-24-26(23-19)13-18(27)21-16-10-11-25(12-16)17-4-2-1-3-5-17/h6-9,16-17H,1-5,10-13H2,(H,21,27). The molecule has 1 N–H and O–H groups in total. The SMILES string of the molecule is O=C(Cn1nnc(-c2ccc(Cl)cc2)n1)NC1CCN(C2CCCCC2)C1. The van der Waals surface area contributed by atoms with Gasteiger partial charge in [0.05, 0.1) is 0 Å². The number of nitrogens with one attached hydrogen (secondary N) is 1. The molecule has 144 valence electrons. The fourth-order valence-electron chi connectivity index (χ4n) is 4.11. The van der Waals surface area contributed by atoms with Crippen molar-refractivity contribution in [2.75, 3.05) is 13.1 Å². The molecule has 1 saturated heterocycles. The summed E-state index contributed by atoms with van der Waals surface area (Å²) in [6, 6.07) is 8.16. The van der Waals surface area contributed by atoms with Crippen LogP contribution >= 0.6 is 11.6 Å². The maximum Gasteiger partial charge on any atom is 0.243 e. The number of tetrazole rings is 1. The van der Waals surface area contributed by atoms with Crippen molar-refractivity contribution in [2.45, 2.75) is 57.2 Å². The molecule has 1 atom stereocenters. The Morgan fingerprint density at radius 3 is 2.70 bits per heavy atom. The van der Waals surface area contributed by atoms with Crippen LogP contribution in [0.1, 0.15) is 38.5 Å². The van der Waals surface area contributed by atoms with Gasteiger partial charge < -0.3 is 5.32 Å². The molecule has 1 aromatic heterocycles. The van der Waals surface area contributed by atoms with Crippen LogP contribution in [0, 0.1) is 0 Å². The topological polar surface area (TPSA) is 75.9 Å². The van der Waals surface area contributed by atoms with Gasteiger partial charge >= 0.3 is 0 Å². The van der Waals surface area contributed by atoms with Crippen molar-refractivity contribution in [1.82, 2.24) is 30.4 Å². The minimum absolute atomic E-state index is 0.0643. The predicted molar refractivity (Wildman–Crippen MR) is 103 cm³/mol. The number of carbonyl (C=O) groups excluding carboxylic acids is 1. The van der Waals surface area contributed by atoms with Gasteiger partial charge in [-0.2, -0.15) is 4.80 Å². The summed E-state index contributed by atoms with van der Waals surface area (Å²) >= 11 is 5.90. The van der Waals surface area contributed by atoms with Crippen molar-refractivity contribution < 1.29 is 4.79 Å². The summed E-state index contributed by atoms with van der Waals surface area (Å²) in [5.41, 5.74) is 0.824. The Kier molecular flexibility index (Phi) is 5.69. The van der Waals surface area contributed by atoms with Crippen LogP contribution in [-0.2, 0) is 11.3 Å². The highest BCUT2D eigenvalue weighted by molar-refractivity contribution is 6.30. The van der Waals surface area contributed by atoms with Crippen LogP contribution in [0.5, 0.6) is 0 Å². The lowest BCUT2D eigenvalue weighted by molar-refractivity contribution is -0.122. The van der Waals surface area contributed by atoms with Gasteiger partial charge in [0.15, 0.2) is 0 Å². The van der Waals surface area contributed by atoms with Crippen molar-refractivity contribution in [3.63, 3.8) is 0 Å². The quantitative estimate of drug-likeness (QED) is 0.851. The van der Waals surface area contributed by atoms with E-state index in [1.54, 1.807) is 12.1 Å². The number of amides is 1. The van der Waals surface area contributed by atoms with Crippen LogP contribution in [0.4, 0.5) is 0 Å². The Balaban J connectivity index is 1.28. The maximum atomic E-state index is 12.4. The van der Waals surface area contributed by atoms with E-state index < -0.39 is 0 Å². The zero-order chi connectivity index (χ0) is 18.6. The van der Waals surface area contributed by atoms with Gasteiger partial charge in [0.1, 0.15) is 6.54 Å². The van der Waals surface area contributed by atoms with Gasteiger partial charge in [-0.3, -0.25) is 9.69 Å². The van der Waals surface area contributed by atoms with Crippen LogP contribution in [0.25, 0.3) is 11.4 Å². The lowest BCUT2D eigenvalue weighted by atomic mass is 9.94. The van der Waals surface area contributed by atoms with Crippen molar-refractivity contribution in [1.29, 1.82) is 0 Å². The molecule has 4 rings (SSSR count). The molecule has 1 aromatic carbocycles. The first-order chi connectivity index (χ1) is 13.2. The van der Waals surface area contributed by atoms with Gasteiger partial charge in [-0.15, -0.1) is 10.2 Å². The highest BCUT2D eigenvalue weighted by Crippen LogP contribution is 2.25. The number of carbonyl (C=O) groups is 1. The molecule has 0 radical (unpaired) electrons. The van der Waals surface area contributed by atoms with Crippen molar-refractivity contribution in [2.24, 2.45) is 0 Å². The van der Waals surface area contributed by atoms with Gasteiger partial charge in [0, 0.05) is 35.8 Å². The average molecular weight is 389 g/mol.